The van der Waals surface area contributed by atoms with Crippen molar-refractivity contribution in [3.05, 3.63) is 23.2 Å². The molecule has 1 aliphatic heterocycles. The second kappa shape index (κ2) is 3.17. The Hall–Kier alpha value is -1.78. The molecule has 0 spiro atoms. The summed E-state index contributed by atoms with van der Waals surface area (Å²) in [6.07, 6.45) is 0.225. The molecular formula is C9H9NO4. The van der Waals surface area contributed by atoms with Crippen LogP contribution < -0.4 is 0 Å². The third kappa shape index (κ3) is 1.37. The largest absolute Gasteiger partial charge is 0.465 e. The maximum atomic E-state index is 10.7. The average molecular weight is 195 g/mol. The Labute approximate surface area is 79.9 Å². The second-order valence-electron chi connectivity index (χ2n) is 3.17. The van der Waals surface area contributed by atoms with Crippen LogP contribution in [0.5, 0.6) is 0 Å². The van der Waals surface area contributed by atoms with Gasteiger partial charge in [0.05, 0.1) is 6.54 Å². The molecule has 0 aliphatic carbocycles. The Morgan fingerprint density at radius 1 is 1.64 bits per heavy atom. The van der Waals surface area contributed by atoms with Crippen molar-refractivity contribution in [1.29, 1.82) is 0 Å². The standard InChI is InChI=1S/C9H9NO4/c11-5-7-3-6-4-10(9(12)13)2-1-8(6)14-7/h3,5H,1-2,4H2,(H,12,13). The zero-order valence-corrected chi connectivity index (χ0v) is 7.40. The van der Waals surface area contributed by atoms with E-state index in [1.165, 1.54) is 4.90 Å². The lowest BCUT2D eigenvalue weighted by Gasteiger charge is -2.22. The third-order valence-electron chi connectivity index (χ3n) is 2.27. The molecule has 1 aliphatic rings. The summed E-state index contributed by atoms with van der Waals surface area (Å²) in [5.74, 6) is 0.992. The normalized spacial score (nSPS) is 15.0. The van der Waals surface area contributed by atoms with Crippen LogP contribution in [0.2, 0.25) is 0 Å². The van der Waals surface area contributed by atoms with Gasteiger partial charge in [0, 0.05) is 18.5 Å². The predicted octanol–water partition coefficient (Wildman–Crippen LogP) is 1.13. The van der Waals surface area contributed by atoms with Crippen LogP contribution in [0, 0.1) is 0 Å². The molecule has 0 unspecified atom stereocenters. The second-order valence-corrected chi connectivity index (χ2v) is 3.17. The number of carbonyl (C=O) groups excluding carboxylic acids is 1. The fraction of sp³-hybridized carbons (Fsp3) is 0.333. The van der Waals surface area contributed by atoms with Crippen molar-refractivity contribution in [2.75, 3.05) is 6.54 Å². The Morgan fingerprint density at radius 2 is 2.43 bits per heavy atom. The molecule has 2 heterocycles. The highest BCUT2D eigenvalue weighted by Gasteiger charge is 2.23. The Bertz CT molecular complexity index is 382. The molecule has 1 N–H and O–H groups in total. The minimum Gasteiger partial charge on any atom is -0.465 e. The topological polar surface area (TPSA) is 70.8 Å². The molecule has 0 saturated heterocycles. The van der Waals surface area contributed by atoms with E-state index in [0.717, 1.165) is 11.3 Å². The minimum atomic E-state index is -0.940. The van der Waals surface area contributed by atoms with E-state index in [1.54, 1.807) is 6.07 Å². The number of carbonyl (C=O) groups is 2. The lowest BCUT2D eigenvalue weighted by molar-refractivity contribution is 0.109. The third-order valence-corrected chi connectivity index (χ3v) is 2.27. The molecule has 0 aromatic carbocycles. The summed E-state index contributed by atoms with van der Waals surface area (Å²) in [7, 11) is 0. The van der Waals surface area contributed by atoms with E-state index in [2.05, 4.69) is 0 Å². The summed E-state index contributed by atoms with van der Waals surface area (Å²) in [4.78, 5) is 22.4. The number of amides is 1. The van der Waals surface area contributed by atoms with Gasteiger partial charge in [-0.1, -0.05) is 0 Å². The number of fused-ring (bicyclic) bond motifs is 1. The van der Waals surface area contributed by atoms with Gasteiger partial charge in [0.1, 0.15) is 5.76 Å². The monoisotopic (exact) mass is 195 g/mol. The van der Waals surface area contributed by atoms with Gasteiger partial charge >= 0.3 is 6.09 Å². The Morgan fingerprint density at radius 3 is 3.07 bits per heavy atom. The van der Waals surface area contributed by atoms with Crippen LogP contribution in [0.3, 0.4) is 0 Å². The SMILES string of the molecule is O=Cc1cc2c(o1)CCN(C(=O)O)C2. The van der Waals surface area contributed by atoms with Gasteiger partial charge in [-0.3, -0.25) is 4.79 Å². The van der Waals surface area contributed by atoms with Crippen molar-refractivity contribution in [3.8, 4) is 0 Å². The molecule has 1 aromatic rings. The molecule has 2 rings (SSSR count). The van der Waals surface area contributed by atoms with E-state index in [9.17, 15) is 9.59 Å². The van der Waals surface area contributed by atoms with Gasteiger partial charge < -0.3 is 14.4 Å². The number of carboxylic acid groups (broad SMARTS) is 1. The Kier molecular flexibility index (Phi) is 1.99. The maximum Gasteiger partial charge on any atom is 0.407 e. The van der Waals surface area contributed by atoms with Crippen LogP contribution in [0.1, 0.15) is 21.9 Å². The highest BCUT2D eigenvalue weighted by molar-refractivity contribution is 5.71. The molecule has 5 nitrogen and oxygen atoms in total. The molecule has 0 fully saturated rings. The van der Waals surface area contributed by atoms with Crippen LogP contribution in [0.4, 0.5) is 4.79 Å². The lowest BCUT2D eigenvalue weighted by atomic mass is 10.1. The highest BCUT2D eigenvalue weighted by Crippen LogP contribution is 2.21. The van der Waals surface area contributed by atoms with Gasteiger partial charge in [0.25, 0.3) is 0 Å². The summed E-state index contributed by atoms with van der Waals surface area (Å²) in [6.45, 7) is 0.732. The number of aldehydes is 1. The van der Waals surface area contributed by atoms with E-state index < -0.39 is 6.09 Å². The average Bonchev–Trinajstić information content (AvgIpc) is 2.58. The first kappa shape index (κ1) is 8.80. The van der Waals surface area contributed by atoms with Gasteiger partial charge in [-0.2, -0.15) is 0 Å². The number of furan rings is 1. The first-order chi connectivity index (χ1) is 6.70. The number of nitrogens with zero attached hydrogens (tertiary/aromatic N) is 1. The van der Waals surface area contributed by atoms with Crippen molar-refractivity contribution in [2.24, 2.45) is 0 Å². The fourth-order valence-corrected chi connectivity index (χ4v) is 1.58. The van der Waals surface area contributed by atoms with E-state index in [-0.39, 0.29) is 5.76 Å². The summed E-state index contributed by atoms with van der Waals surface area (Å²) >= 11 is 0. The molecule has 1 amide bonds. The zero-order valence-electron chi connectivity index (χ0n) is 7.40. The van der Waals surface area contributed by atoms with Crippen LogP contribution in [-0.2, 0) is 13.0 Å². The van der Waals surface area contributed by atoms with E-state index in [1.807, 2.05) is 0 Å². The van der Waals surface area contributed by atoms with Crippen molar-refractivity contribution in [2.45, 2.75) is 13.0 Å². The minimum absolute atomic E-state index is 0.266. The fourth-order valence-electron chi connectivity index (χ4n) is 1.58. The van der Waals surface area contributed by atoms with Gasteiger partial charge in [0.2, 0.25) is 0 Å². The first-order valence-corrected chi connectivity index (χ1v) is 4.25. The summed E-state index contributed by atoms with van der Waals surface area (Å²) in [5, 5.41) is 8.75. The number of hydrogen-bond donors (Lipinski definition) is 1. The van der Waals surface area contributed by atoms with Gasteiger partial charge in [-0.05, 0) is 6.07 Å². The molecule has 14 heavy (non-hydrogen) atoms. The quantitative estimate of drug-likeness (QED) is 0.682. The van der Waals surface area contributed by atoms with Gasteiger partial charge in [0.15, 0.2) is 12.0 Å². The number of rotatable bonds is 1. The molecule has 5 heteroatoms. The van der Waals surface area contributed by atoms with Crippen LogP contribution in [0.25, 0.3) is 0 Å². The van der Waals surface area contributed by atoms with Gasteiger partial charge in [-0.15, -0.1) is 0 Å². The Balaban J connectivity index is 2.25. The van der Waals surface area contributed by atoms with Crippen LogP contribution in [0.15, 0.2) is 10.5 Å². The van der Waals surface area contributed by atoms with Crippen molar-refractivity contribution in [1.82, 2.24) is 4.90 Å². The maximum absolute atomic E-state index is 10.7. The number of hydrogen-bond acceptors (Lipinski definition) is 3. The summed E-state index contributed by atoms with van der Waals surface area (Å²) < 4.78 is 5.20. The zero-order chi connectivity index (χ0) is 10.1. The molecule has 0 atom stereocenters. The van der Waals surface area contributed by atoms with Crippen molar-refractivity contribution >= 4 is 12.4 Å². The van der Waals surface area contributed by atoms with E-state index in [0.29, 0.717) is 25.8 Å². The first-order valence-electron chi connectivity index (χ1n) is 4.25. The molecular weight excluding hydrogens is 186 g/mol. The predicted molar refractivity (Wildman–Crippen MR) is 46.2 cm³/mol. The van der Waals surface area contributed by atoms with Gasteiger partial charge in [-0.25, -0.2) is 4.79 Å². The smallest absolute Gasteiger partial charge is 0.407 e. The summed E-state index contributed by atoms with van der Waals surface area (Å²) in [5.41, 5.74) is 0.792. The highest BCUT2D eigenvalue weighted by atomic mass is 16.4. The molecule has 0 radical (unpaired) electrons. The molecule has 0 bridgehead atoms. The van der Waals surface area contributed by atoms with Crippen LogP contribution in [-0.4, -0.2) is 28.9 Å². The lowest BCUT2D eigenvalue weighted by Crippen LogP contribution is -2.34. The van der Waals surface area contributed by atoms with E-state index in [4.69, 9.17) is 9.52 Å². The van der Waals surface area contributed by atoms with Crippen molar-refractivity contribution < 1.29 is 19.1 Å². The molecule has 0 saturated carbocycles. The summed E-state index contributed by atoms with van der Waals surface area (Å²) in [6, 6.07) is 1.59. The molecule has 1 aromatic heterocycles. The molecule has 74 valence electrons. The van der Waals surface area contributed by atoms with Crippen LogP contribution >= 0.6 is 0 Å². The van der Waals surface area contributed by atoms with E-state index >= 15 is 0 Å². The van der Waals surface area contributed by atoms with Crippen molar-refractivity contribution in [3.63, 3.8) is 0 Å².